The van der Waals surface area contributed by atoms with Crippen LogP contribution in [0.3, 0.4) is 0 Å². The Hall–Kier alpha value is -3.27. The van der Waals surface area contributed by atoms with Gasteiger partial charge in [0.25, 0.3) is 15.9 Å². The second-order valence-electron chi connectivity index (χ2n) is 5.55. The second kappa shape index (κ2) is 5.92. The smallest absolute Gasteiger partial charge is 0.291 e. The SMILES string of the molecule is O=C(NCc1ccc(F)cc1)c1nc2n(n1)-c1ccccc1S(=O)(=O)N2. The molecule has 1 aliphatic heterocycles. The lowest BCUT2D eigenvalue weighted by Gasteiger charge is -2.17. The zero-order valence-corrected chi connectivity index (χ0v) is 14.0. The highest BCUT2D eigenvalue weighted by Crippen LogP contribution is 2.28. The van der Waals surface area contributed by atoms with Gasteiger partial charge in [0.2, 0.25) is 11.8 Å². The van der Waals surface area contributed by atoms with Crippen molar-refractivity contribution < 1.29 is 17.6 Å². The molecule has 10 heteroatoms. The number of nitrogens with zero attached hydrogens (tertiary/aromatic N) is 3. The van der Waals surface area contributed by atoms with E-state index in [4.69, 9.17) is 0 Å². The van der Waals surface area contributed by atoms with Gasteiger partial charge in [-0.15, -0.1) is 5.10 Å². The number of halogens is 1. The van der Waals surface area contributed by atoms with E-state index in [9.17, 15) is 17.6 Å². The van der Waals surface area contributed by atoms with Crippen LogP contribution in [0.5, 0.6) is 0 Å². The zero-order chi connectivity index (χ0) is 18.3. The van der Waals surface area contributed by atoms with E-state index >= 15 is 0 Å². The molecular formula is C16H12FN5O3S. The fourth-order valence-corrected chi connectivity index (χ4v) is 3.71. The highest BCUT2D eigenvalue weighted by atomic mass is 32.2. The molecule has 0 aliphatic carbocycles. The molecular weight excluding hydrogens is 361 g/mol. The lowest BCUT2D eigenvalue weighted by molar-refractivity contribution is 0.0940. The highest BCUT2D eigenvalue weighted by Gasteiger charge is 2.30. The summed E-state index contributed by atoms with van der Waals surface area (Å²) in [4.78, 5) is 16.3. The van der Waals surface area contributed by atoms with Gasteiger partial charge in [-0.1, -0.05) is 24.3 Å². The molecule has 0 saturated heterocycles. The Morgan fingerprint density at radius 3 is 2.65 bits per heavy atom. The molecule has 0 fully saturated rings. The van der Waals surface area contributed by atoms with Crippen molar-refractivity contribution >= 4 is 21.9 Å². The first-order chi connectivity index (χ1) is 12.4. The number of fused-ring (bicyclic) bond motifs is 3. The molecule has 1 aromatic heterocycles. The molecule has 0 unspecified atom stereocenters. The summed E-state index contributed by atoms with van der Waals surface area (Å²) in [7, 11) is -3.77. The number of carbonyl (C=O) groups excluding carboxylic acids is 1. The predicted molar refractivity (Wildman–Crippen MR) is 89.7 cm³/mol. The highest BCUT2D eigenvalue weighted by molar-refractivity contribution is 7.92. The molecule has 132 valence electrons. The summed E-state index contributed by atoms with van der Waals surface area (Å²) < 4.78 is 40.9. The minimum atomic E-state index is -3.77. The minimum Gasteiger partial charge on any atom is -0.345 e. The Morgan fingerprint density at radius 2 is 1.88 bits per heavy atom. The largest absolute Gasteiger partial charge is 0.345 e. The molecule has 8 nitrogen and oxygen atoms in total. The van der Waals surface area contributed by atoms with Crippen molar-refractivity contribution in [2.75, 3.05) is 4.72 Å². The Kier molecular flexibility index (Phi) is 3.69. The van der Waals surface area contributed by atoms with Gasteiger partial charge in [-0.2, -0.15) is 9.67 Å². The van der Waals surface area contributed by atoms with Crippen LogP contribution in [0.15, 0.2) is 53.4 Å². The van der Waals surface area contributed by atoms with E-state index in [1.807, 2.05) is 0 Å². The summed E-state index contributed by atoms with van der Waals surface area (Å²) in [5, 5.41) is 6.70. The van der Waals surface area contributed by atoms with Gasteiger partial charge in [0.1, 0.15) is 10.7 Å². The maximum absolute atomic E-state index is 12.9. The fraction of sp³-hybridized carbons (Fsp3) is 0.0625. The van der Waals surface area contributed by atoms with E-state index in [2.05, 4.69) is 20.1 Å². The van der Waals surface area contributed by atoms with Crippen molar-refractivity contribution in [1.29, 1.82) is 0 Å². The minimum absolute atomic E-state index is 0.0515. The number of nitrogens with one attached hydrogen (secondary N) is 2. The average molecular weight is 373 g/mol. The van der Waals surface area contributed by atoms with Gasteiger partial charge in [-0.05, 0) is 29.8 Å². The van der Waals surface area contributed by atoms with Gasteiger partial charge in [0.05, 0.1) is 5.69 Å². The van der Waals surface area contributed by atoms with Gasteiger partial charge in [-0.25, -0.2) is 17.5 Å². The van der Waals surface area contributed by atoms with Gasteiger partial charge in [-0.3, -0.25) is 4.79 Å². The van der Waals surface area contributed by atoms with E-state index in [0.29, 0.717) is 11.3 Å². The number of hydrogen-bond donors (Lipinski definition) is 2. The maximum atomic E-state index is 12.9. The van der Waals surface area contributed by atoms with E-state index in [1.54, 1.807) is 30.3 Å². The van der Waals surface area contributed by atoms with Crippen LogP contribution in [0.4, 0.5) is 10.3 Å². The van der Waals surface area contributed by atoms with E-state index in [0.717, 1.165) is 0 Å². The van der Waals surface area contributed by atoms with E-state index in [1.165, 1.54) is 22.9 Å². The van der Waals surface area contributed by atoms with Crippen LogP contribution in [-0.2, 0) is 16.6 Å². The number of carbonyl (C=O) groups is 1. The maximum Gasteiger partial charge on any atom is 0.291 e. The molecule has 0 spiro atoms. The van der Waals surface area contributed by atoms with Gasteiger partial charge in [0.15, 0.2) is 0 Å². The van der Waals surface area contributed by atoms with Crippen molar-refractivity contribution in [2.45, 2.75) is 11.4 Å². The first kappa shape index (κ1) is 16.2. The van der Waals surface area contributed by atoms with Crippen LogP contribution in [0.25, 0.3) is 5.69 Å². The number of amides is 1. The van der Waals surface area contributed by atoms with Crippen molar-refractivity contribution in [3.05, 3.63) is 65.7 Å². The lowest BCUT2D eigenvalue weighted by atomic mass is 10.2. The number of anilines is 1. The molecule has 1 amide bonds. The van der Waals surface area contributed by atoms with Crippen molar-refractivity contribution in [2.24, 2.45) is 0 Å². The lowest BCUT2D eigenvalue weighted by Crippen LogP contribution is -2.24. The van der Waals surface area contributed by atoms with Gasteiger partial charge < -0.3 is 5.32 Å². The summed E-state index contributed by atoms with van der Waals surface area (Å²) in [6, 6.07) is 12.0. The molecule has 2 heterocycles. The third-order valence-corrected chi connectivity index (χ3v) is 5.16. The topological polar surface area (TPSA) is 106 Å². The molecule has 0 radical (unpaired) electrons. The summed E-state index contributed by atoms with van der Waals surface area (Å²) in [6.45, 7) is 0.158. The predicted octanol–water partition coefficient (Wildman–Crippen LogP) is 1.45. The van der Waals surface area contributed by atoms with Crippen LogP contribution in [-0.4, -0.2) is 29.1 Å². The third-order valence-electron chi connectivity index (χ3n) is 3.79. The second-order valence-corrected chi connectivity index (χ2v) is 7.20. The number of para-hydroxylation sites is 1. The summed E-state index contributed by atoms with van der Waals surface area (Å²) in [5.41, 5.74) is 1.01. The van der Waals surface area contributed by atoms with Crippen molar-refractivity contribution in [3.8, 4) is 5.69 Å². The molecule has 3 aromatic rings. The molecule has 0 saturated carbocycles. The summed E-state index contributed by atoms with van der Waals surface area (Å²) in [5.74, 6) is -1.18. The molecule has 0 bridgehead atoms. The van der Waals surface area contributed by atoms with E-state index < -0.39 is 15.9 Å². The third kappa shape index (κ3) is 2.80. The van der Waals surface area contributed by atoms with Crippen LogP contribution in [0.2, 0.25) is 0 Å². The van der Waals surface area contributed by atoms with Gasteiger partial charge in [0, 0.05) is 6.54 Å². The number of aromatic nitrogens is 3. The van der Waals surface area contributed by atoms with E-state index in [-0.39, 0.29) is 29.0 Å². The Bertz CT molecular complexity index is 1110. The monoisotopic (exact) mass is 373 g/mol. The molecule has 4 rings (SSSR count). The van der Waals surface area contributed by atoms with Crippen LogP contribution in [0.1, 0.15) is 16.2 Å². The number of rotatable bonds is 3. The van der Waals surface area contributed by atoms with Crippen molar-refractivity contribution in [3.63, 3.8) is 0 Å². The standard InChI is InChI=1S/C16H12FN5O3S/c17-11-7-5-10(6-8-11)9-18-15(23)14-19-16-21-26(24,25)13-4-2-1-3-12(13)22(16)20-14/h1-8H,9H2,(H,18,23)(H,19,20,21). The van der Waals surface area contributed by atoms with Crippen LogP contribution in [0, 0.1) is 5.82 Å². The molecule has 26 heavy (non-hydrogen) atoms. The summed E-state index contributed by atoms with van der Waals surface area (Å²) in [6.07, 6.45) is 0. The Morgan fingerprint density at radius 1 is 1.15 bits per heavy atom. The van der Waals surface area contributed by atoms with Crippen molar-refractivity contribution in [1.82, 2.24) is 20.1 Å². The molecule has 0 atom stereocenters. The van der Waals surface area contributed by atoms with Crippen LogP contribution < -0.4 is 10.0 Å². The Labute approximate surface area is 147 Å². The summed E-state index contributed by atoms with van der Waals surface area (Å²) >= 11 is 0. The zero-order valence-electron chi connectivity index (χ0n) is 13.2. The normalized spacial score (nSPS) is 14.0. The fourth-order valence-electron chi connectivity index (χ4n) is 2.54. The first-order valence-corrected chi connectivity index (χ1v) is 9.04. The average Bonchev–Trinajstić information content (AvgIpc) is 3.04. The molecule has 2 N–H and O–H groups in total. The first-order valence-electron chi connectivity index (χ1n) is 7.56. The molecule has 2 aromatic carbocycles. The number of sulfonamides is 1. The number of benzene rings is 2. The number of hydrogen-bond acceptors (Lipinski definition) is 5. The Balaban J connectivity index is 1.60. The van der Waals surface area contributed by atoms with Crippen LogP contribution >= 0.6 is 0 Å². The molecule has 1 aliphatic rings. The quantitative estimate of drug-likeness (QED) is 0.723. The van der Waals surface area contributed by atoms with Gasteiger partial charge >= 0.3 is 0 Å².